The Bertz CT molecular complexity index is 759. The van der Waals surface area contributed by atoms with Crippen LogP contribution in [0.5, 0.6) is 0 Å². The number of halogens is 1. The third-order valence-corrected chi connectivity index (χ3v) is 7.27. The minimum atomic E-state index is -0.820. The molecule has 9 heteroatoms. The smallest absolute Gasteiger partial charge is 0.312 e. The van der Waals surface area contributed by atoms with Crippen LogP contribution in [0.15, 0.2) is 36.0 Å². The van der Waals surface area contributed by atoms with Gasteiger partial charge in [0, 0.05) is 32.1 Å². The average Bonchev–Trinajstić information content (AvgIpc) is 3.35. The Labute approximate surface area is 181 Å². The van der Waals surface area contributed by atoms with E-state index >= 15 is 0 Å². The number of hydrogen-bond acceptors (Lipinski definition) is 7. The highest BCUT2D eigenvalue weighted by Gasteiger charge is 2.48. The molecule has 2 heterocycles. The Balaban J connectivity index is 1.54. The molecule has 3 atom stereocenters. The fourth-order valence-corrected chi connectivity index (χ4v) is 4.75. The van der Waals surface area contributed by atoms with Crippen LogP contribution in [-0.2, 0) is 11.4 Å². The van der Waals surface area contributed by atoms with Gasteiger partial charge in [-0.1, -0.05) is 19.1 Å². The lowest BCUT2D eigenvalue weighted by atomic mass is 10.2. The molecule has 1 aromatic rings. The third kappa shape index (κ3) is 4.56. The Kier molecular flexibility index (Phi) is 6.09. The quantitative estimate of drug-likeness (QED) is 0.461. The maximum atomic E-state index is 10.7. The van der Waals surface area contributed by atoms with Gasteiger partial charge in [0.25, 0.3) is 0 Å². The van der Waals surface area contributed by atoms with Crippen LogP contribution < -0.4 is 10.4 Å². The second-order valence-electron chi connectivity index (χ2n) is 8.07. The zero-order chi connectivity index (χ0) is 20.6. The molecule has 3 unspecified atom stereocenters. The number of benzene rings is 1. The Morgan fingerprint density at radius 3 is 2.72 bits per heavy atom. The van der Waals surface area contributed by atoms with E-state index in [0.717, 1.165) is 47.3 Å². The molecule has 3 aliphatic rings. The summed E-state index contributed by atoms with van der Waals surface area (Å²) in [5, 5.41) is 25.9. The number of nitrogens with zero attached hydrogens (tertiary/aromatic N) is 2. The molecule has 2 aliphatic heterocycles. The van der Waals surface area contributed by atoms with Crippen LogP contribution in [0.2, 0.25) is 5.02 Å². The first-order valence-electron chi connectivity index (χ1n) is 10.2. The minimum absolute atomic E-state index is 0.0322. The van der Waals surface area contributed by atoms with Gasteiger partial charge < -0.3 is 20.4 Å². The van der Waals surface area contributed by atoms with Crippen molar-refractivity contribution >= 4 is 11.8 Å². The maximum absolute atomic E-state index is 10.7. The monoisotopic (exact) mass is 442 g/mol. The van der Waals surface area contributed by atoms with Crippen molar-refractivity contribution in [2.75, 3.05) is 19.3 Å². The number of aliphatic hydroxyl groups is 2. The molecule has 7 nitrogen and oxygen atoms in total. The SMILES string of the molecule is CCCSC1NC2=C(O[NH+](CCC3(O)CC3)C(O)N2C)N1Cc1ccc([ClH+])cc1. The summed E-state index contributed by atoms with van der Waals surface area (Å²) in [6.07, 6.45) is 2.56. The van der Waals surface area contributed by atoms with Gasteiger partial charge in [0.2, 0.25) is 5.02 Å². The van der Waals surface area contributed by atoms with Gasteiger partial charge in [0.15, 0.2) is 22.9 Å². The zero-order valence-electron chi connectivity index (χ0n) is 16.9. The molecule has 1 fully saturated rings. The molecule has 0 amide bonds. The van der Waals surface area contributed by atoms with Crippen LogP contribution in [0.1, 0.15) is 38.2 Å². The van der Waals surface area contributed by atoms with Crippen molar-refractivity contribution in [3.8, 4) is 0 Å². The molecule has 1 saturated carbocycles. The van der Waals surface area contributed by atoms with Crippen molar-refractivity contribution in [1.29, 1.82) is 0 Å². The van der Waals surface area contributed by atoms with Crippen LogP contribution >= 0.6 is 11.8 Å². The molecule has 0 bridgehead atoms. The van der Waals surface area contributed by atoms with E-state index < -0.39 is 12.0 Å². The molecular weight excluding hydrogens is 412 g/mol. The molecular formula is C20H31ClN4O3S+2. The maximum Gasteiger partial charge on any atom is 0.312 e. The fourth-order valence-electron chi connectivity index (χ4n) is 3.61. The van der Waals surface area contributed by atoms with Gasteiger partial charge in [-0.3, -0.25) is 9.74 Å². The van der Waals surface area contributed by atoms with Crippen LogP contribution in [0, 0.1) is 11.6 Å². The fraction of sp³-hybridized carbons (Fsp3) is 0.600. The predicted octanol–water partition coefficient (Wildman–Crippen LogP) is 0.294. The summed E-state index contributed by atoms with van der Waals surface area (Å²) in [5.41, 5.74) is 0.620. The number of aliphatic hydroxyl groups excluding tert-OH is 1. The van der Waals surface area contributed by atoms with Gasteiger partial charge in [-0.2, -0.15) is 0 Å². The molecule has 0 radical (unpaired) electrons. The van der Waals surface area contributed by atoms with Crippen molar-refractivity contribution in [2.45, 2.75) is 56.6 Å². The first-order chi connectivity index (χ1) is 13.9. The van der Waals surface area contributed by atoms with E-state index in [9.17, 15) is 10.2 Å². The van der Waals surface area contributed by atoms with Crippen LogP contribution in [-0.4, -0.2) is 56.8 Å². The van der Waals surface area contributed by atoms with Crippen molar-refractivity contribution < 1.29 is 31.7 Å². The van der Waals surface area contributed by atoms with E-state index in [1.807, 2.05) is 35.8 Å². The second kappa shape index (κ2) is 8.43. The molecule has 1 aliphatic carbocycles. The number of rotatable bonds is 8. The van der Waals surface area contributed by atoms with E-state index in [2.05, 4.69) is 29.3 Å². The largest absolute Gasteiger partial charge is 0.390 e. The lowest BCUT2D eigenvalue weighted by molar-refractivity contribution is -1.13. The first kappa shape index (κ1) is 20.9. The van der Waals surface area contributed by atoms with Gasteiger partial charge >= 0.3 is 12.2 Å². The van der Waals surface area contributed by atoms with E-state index in [1.54, 1.807) is 0 Å². The number of thioether (sulfide) groups is 1. The van der Waals surface area contributed by atoms with Crippen LogP contribution in [0.4, 0.5) is 0 Å². The highest BCUT2D eigenvalue weighted by molar-refractivity contribution is 7.99. The van der Waals surface area contributed by atoms with Crippen molar-refractivity contribution in [1.82, 2.24) is 15.1 Å². The van der Waals surface area contributed by atoms with Gasteiger partial charge in [-0.15, -0.1) is 16.8 Å². The Hall–Kier alpha value is -1.32. The van der Waals surface area contributed by atoms with Crippen molar-refractivity contribution in [3.63, 3.8) is 0 Å². The Morgan fingerprint density at radius 1 is 1.34 bits per heavy atom. The molecule has 29 heavy (non-hydrogen) atoms. The summed E-state index contributed by atoms with van der Waals surface area (Å²) in [6, 6.07) is 8.00. The van der Waals surface area contributed by atoms with Crippen LogP contribution in [0.3, 0.4) is 0 Å². The third-order valence-electron chi connectivity index (χ3n) is 5.66. The number of hydrogen-bond donors (Lipinski definition) is 4. The van der Waals surface area contributed by atoms with Crippen molar-refractivity contribution in [2.24, 2.45) is 0 Å². The summed E-state index contributed by atoms with van der Waals surface area (Å²) in [7, 11) is 1.87. The second-order valence-corrected chi connectivity index (χ2v) is 9.73. The Morgan fingerprint density at radius 2 is 2.07 bits per heavy atom. The minimum Gasteiger partial charge on any atom is -0.390 e. The molecule has 0 saturated heterocycles. The number of quaternary nitrogens is 1. The summed E-state index contributed by atoms with van der Waals surface area (Å²) in [5.74, 6) is 2.57. The molecule has 0 aromatic heterocycles. The van der Waals surface area contributed by atoms with E-state index in [4.69, 9.17) is 16.4 Å². The van der Waals surface area contributed by atoms with E-state index in [-0.39, 0.29) is 5.50 Å². The summed E-state index contributed by atoms with van der Waals surface area (Å²) in [6.45, 7) is 3.40. The van der Waals surface area contributed by atoms with Gasteiger partial charge in [-0.05, 0) is 30.6 Å². The van der Waals surface area contributed by atoms with Gasteiger partial charge in [0.1, 0.15) is 6.54 Å². The van der Waals surface area contributed by atoms with Crippen LogP contribution in [0.25, 0.3) is 0 Å². The lowest BCUT2D eigenvalue weighted by Crippen LogP contribution is -3.17. The average molecular weight is 443 g/mol. The summed E-state index contributed by atoms with van der Waals surface area (Å²) >= 11 is 7.04. The van der Waals surface area contributed by atoms with Gasteiger partial charge in [-0.25, -0.2) is 0 Å². The summed E-state index contributed by atoms with van der Waals surface area (Å²) in [4.78, 5) is 10.3. The highest BCUT2D eigenvalue weighted by Crippen LogP contribution is 2.38. The first-order valence-corrected chi connectivity index (χ1v) is 11.7. The lowest BCUT2D eigenvalue weighted by Gasteiger charge is -2.36. The van der Waals surface area contributed by atoms with Gasteiger partial charge in [0.05, 0.1) is 5.60 Å². The van der Waals surface area contributed by atoms with E-state index in [0.29, 0.717) is 24.6 Å². The highest BCUT2D eigenvalue weighted by atomic mass is 35.5. The zero-order valence-corrected chi connectivity index (χ0v) is 18.6. The van der Waals surface area contributed by atoms with Crippen molar-refractivity contribution in [3.05, 3.63) is 46.6 Å². The molecule has 4 rings (SSSR count). The molecule has 0 spiro atoms. The summed E-state index contributed by atoms with van der Waals surface area (Å²) < 4.78 is 0. The molecule has 1 aromatic carbocycles. The normalized spacial score (nSPS) is 27.6. The van der Waals surface area contributed by atoms with E-state index in [1.165, 1.54) is 0 Å². The number of nitrogens with one attached hydrogen (secondary N) is 2. The standard InChI is InChI=1S/C20H30ClN4O3S/c1-3-12-29-18-22-16-17(24(18)13-14-4-6-15(21)7-5-14)28-25(19(26)23(16)2)11-10-20(27)8-9-20/h4-7,18-19,21-22,26-27H,3,8-13H2,1-2H3/q+1/p+1. The molecule has 4 N–H and O–H groups in total. The number of hydroxylamine groups is 2. The predicted molar refractivity (Wildman–Crippen MR) is 109 cm³/mol. The topological polar surface area (TPSA) is 72.6 Å². The molecule has 160 valence electrons.